The minimum Gasteiger partial charge on any atom is -0.352 e. The average molecular weight is 347 g/mol. The quantitative estimate of drug-likeness (QED) is 0.892. The Morgan fingerprint density at radius 1 is 1.24 bits per heavy atom. The number of aromatic amines is 1. The summed E-state index contributed by atoms with van der Waals surface area (Å²) in [5.41, 5.74) is 1.30. The SMILES string of the molecule is O=C(N[C@@H]1C[C@H]1c1ccc(Br)cc1)[C@@H]1C[C@H]1c1ncn[nH]1. The molecule has 0 unspecified atom stereocenters. The molecule has 4 atom stereocenters. The number of halogens is 1. The second kappa shape index (κ2) is 4.94. The van der Waals surface area contributed by atoms with Crippen LogP contribution in [0.4, 0.5) is 0 Å². The van der Waals surface area contributed by atoms with E-state index in [0.29, 0.717) is 5.92 Å². The lowest BCUT2D eigenvalue weighted by Gasteiger charge is -2.04. The lowest BCUT2D eigenvalue weighted by molar-refractivity contribution is -0.122. The zero-order valence-electron chi connectivity index (χ0n) is 11.3. The van der Waals surface area contributed by atoms with Gasteiger partial charge in [-0.05, 0) is 30.5 Å². The number of nitrogens with zero attached hydrogens (tertiary/aromatic N) is 2. The van der Waals surface area contributed by atoms with Crippen LogP contribution in [0.3, 0.4) is 0 Å². The van der Waals surface area contributed by atoms with Crippen LogP contribution in [0.1, 0.15) is 36.1 Å². The Morgan fingerprint density at radius 2 is 2.05 bits per heavy atom. The number of amides is 1. The molecule has 1 heterocycles. The number of nitrogens with one attached hydrogen (secondary N) is 2. The molecule has 2 N–H and O–H groups in total. The van der Waals surface area contributed by atoms with E-state index >= 15 is 0 Å². The molecule has 5 nitrogen and oxygen atoms in total. The van der Waals surface area contributed by atoms with Gasteiger partial charge in [0.05, 0.1) is 0 Å². The number of aromatic nitrogens is 3. The second-order valence-corrected chi connectivity index (χ2v) is 6.74. The van der Waals surface area contributed by atoms with Crippen LogP contribution < -0.4 is 5.32 Å². The molecule has 21 heavy (non-hydrogen) atoms. The highest BCUT2D eigenvalue weighted by atomic mass is 79.9. The van der Waals surface area contributed by atoms with Crippen LogP contribution in [0.15, 0.2) is 35.1 Å². The van der Waals surface area contributed by atoms with Crippen molar-refractivity contribution in [1.82, 2.24) is 20.5 Å². The fourth-order valence-corrected chi connectivity index (χ4v) is 3.17. The van der Waals surface area contributed by atoms with Gasteiger partial charge in [0.15, 0.2) is 0 Å². The van der Waals surface area contributed by atoms with Crippen molar-refractivity contribution in [3.05, 3.63) is 46.5 Å². The molecule has 0 bridgehead atoms. The fourth-order valence-electron chi connectivity index (χ4n) is 2.90. The van der Waals surface area contributed by atoms with Gasteiger partial charge in [-0.1, -0.05) is 28.1 Å². The van der Waals surface area contributed by atoms with Crippen LogP contribution >= 0.6 is 15.9 Å². The summed E-state index contributed by atoms with van der Waals surface area (Å²) in [4.78, 5) is 16.3. The molecule has 2 aliphatic rings. The number of carbonyl (C=O) groups excluding carboxylic acids is 1. The molecule has 0 spiro atoms. The van der Waals surface area contributed by atoms with Gasteiger partial charge in [-0.3, -0.25) is 9.89 Å². The Balaban J connectivity index is 1.32. The van der Waals surface area contributed by atoms with Gasteiger partial charge in [0.1, 0.15) is 12.2 Å². The van der Waals surface area contributed by atoms with Crippen molar-refractivity contribution in [2.75, 3.05) is 0 Å². The van der Waals surface area contributed by atoms with Crippen molar-refractivity contribution < 1.29 is 4.79 Å². The molecule has 2 saturated carbocycles. The first kappa shape index (κ1) is 13.0. The standard InChI is InChI=1S/C15H15BrN4O/c16-9-3-1-8(2-4-9)10-6-13(10)19-15(21)12-5-11(12)14-17-7-18-20-14/h1-4,7,10-13H,5-6H2,(H,19,21)(H,17,18,20)/t10-,11+,12+,13+/m0/s1. The van der Waals surface area contributed by atoms with Crippen molar-refractivity contribution in [2.45, 2.75) is 30.7 Å². The molecule has 6 heteroatoms. The van der Waals surface area contributed by atoms with Crippen LogP contribution in [0.5, 0.6) is 0 Å². The zero-order valence-corrected chi connectivity index (χ0v) is 12.9. The van der Waals surface area contributed by atoms with E-state index in [9.17, 15) is 4.79 Å². The largest absolute Gasteiger partial charge is 0.352 e. The van der Waals surface area contributed by atoms with Crippen LogP contribution in [0, 0.1) is 5.92 Å². The summed E-state index contributed by atoms with van der Waals surface area (Å²) in [5, 5.41) is 9.84. The topological polar surface area (TPSA) is 70.7 Å². The molecule has 2 aromatic rings. The Kier molecular flexibility index (Phi) is 3.06. The summed E-state index contributed by atoms with van der Waals surface area (Å²) in [6, 6.07) is 8.63. The summed E-state index contributed by atoms with van der Waals surface area (Å²) >= 11 is 3.44. The number of rotatable bonds is 4. The van der Waals surface area contributed by atoms with Crippen LogP contribution in [0.2, 0.25) is 0 Å². The van der Waals surface area contributed by atoms with Crippen LogP contribution in [-0.4, -0.2) is 27.1 Å². The molecule has 1 aromatic carbocycles. The fraction of sp³-hybridized carbons (Fsp3) is 0.400. The van der Waals surface area contributed by atoms with Crippen LogP contribution in [0.25, 0.3) is 0 Å². The van der Waals surface area contributed by atoms with Gasteiger partial charge in [-0.2, -0.15) is 5.10 Å². The molecular weight excluding hydrogens is 332 g/mol. The minimum atomic E-state index is 0.0594. The van der Waals surface area contributed by atoms with E-state index in [1.807, 2.05) is 12.1 Å². The lowest BCUT2D eigenvalue weighted by atomic mass is 10.1. The number of hydrogen-bond donors (Lipinski definition) is 2. The van der Waals surface area contributed by atoms with Gasteiger partial charge in [-0.15, -0.1) is 0 Å². The van der Waals surface area contributed by atoms with Crippen molar-refractivity contribution >= 4 is 21.8 Å². The van der Waals surface area contributed by atoms with E-state index in [4.69, 9.17) is 0 Å². The third-order valence-corrected chi connectivity index (χ3v) is 4.86. The lowest BCUT2D eigenvalue weighted by Crippen LogP contribution is -2.28. The van der Waals surface area contributed by atoms with Crippen molar-refractivity contribution in [2.24, 2.45) is 5.92 Å². The maximum absolute atomic E-state index is 12.2. The van der Waals surface area contributed by atoms with Gasteiger partial charge in [-0.25, -0.2) is 4.98 Å². The van der Waals surface area contributed by atoms with Gasteiger partial charge in [0.25, 0.3) is 0 Å². The summed E-state index contributed by atoms with van der Waals surface area (Å²) in [6.45, 7) is 0. The molecule has 0 saturated heterocycles. The minimum absolute atomic E-state index is 0.0594. The van der Waals surface area contributed by atoms with E-state index in [2.05, 4.69) is 48.6 Å². The smallest absolute Gasteiger partial charge is 0.224 e. The number of benzene rings is 1. The van der Waals surface area contributed by atoms with Gasteiger partial charge in [0.2, 0.25) is 5.91 Å². The molecule has 108 valence electrons. The first-order valence-corrected chi connectivity index (χ1v) is 7.93. The molecule has 1 amide bonds. The molecule has 4 rings (SSSR count). The maximum atomic E-state index is 12.2. The van der Waals surface area contributed by atoms with Crippen molar-refractivity contribution in [1.29, 1.82) is 0 Å². The van der Waals surface area contributed by atoms with Crippen LogP contribution in [-0.2, 0) is 4.79 Å². The number of H-pyrrole nitrogens is 1. The Hall–Kier alpha value is -1.69. The number of carbonyl (C=O) groups is 1. The average Bonchev–Trinajstić information content (AvgIpc) is 3.38. The molecular formula is C15H15BrN4O. The third kappa shape index (κ3) is 2.60. The van der Waals surface area contributed by atoms with Gasteiger partial charge >= 0.3 is 0 Å². The van der Waals surface area contributed by atoms with Gasteiger partial charge < -0.3 is 5.32 Å². The van der Waals surface area contributed by atoms with E-state index in [-0.39, 0.29) is 23.8 Å². The van der Waals surface area contributed by atoms with E-state index in [1.165, 1.54) is 11.9 Å². The number of hydrogen-bond acceptors (Lipinski definition) is 3. The molecule has 1 aromatic heterocycles. The Morgan fingerprint density at radius 3 is 2.76 bits per heavy atom. The van der Waals surface area contributed by atoms with Gasteiger partial charge in [0, 0.05) is 28.3 Å². The Labute approximate surface area is 130 Å². The van der Waals surface area contributed by atoms with E-state index < -0.39 is 0 Å². The second-order valence-electron chi connectivity index (χ2n) is 5.83. The summed E-state index contributed by atoms with van der Waals surface area (Å²) < 4.78 is 1.08. The summed E-state index contributed by atoms with van der Waals surface area (Å²) in [6.07, 6.45) is 3.40. The molecule has 2 fully saturated rings. The maximum Gasteiger partial charge on any atom is 0.224 e. The van der Waals surface area contributed by atoms with E-state index in [1.54, 1.807) is 0 Å². The first-order valence-electron chi connectivity index (χ1n) is 7.13. The molecule has 0 aliphatic heterocycles. The summed E-state index contributed by atoms with van der Waals surface area (Å²) in [7, 11) is 0. The third-order valence-electron chi connectivity index (χ3n) is 4.33. The highest BCUT2D eigenvalue weighted by molar-refractivity contribution is 9.10. The van der Waals surface area contributed by atoms with Crippen molar-refractivity contribution in [3.63, 3.8) is 0 Å². The monoisotopic (exact) mass is 346 g/mol. The molecule has 0 radical (unpaired) electrons. The Bertz CT molecular complexity index is 655. The zero-order chi connectivity index (χ0) is 14.4. The predicted octanol–water partition coefficient (Wildman–Crippen LogP) is 2.34. The normalized spacial score (nSPS) is 30.0. The predicted molar refractivity (Wildman–Crippen MR) is 80.7 cm³/mol. The van der Waals surface area contributed by atoms with Crippen molar-refractivity contribution in [3.8, 4) is 0 Å². The van der Waals surface area contributed by atoms with E-state index in [0.717, 1.165) is 23.1 Å². The molecule has 2 aliphatic carbocycles. The first-order chi connectivity index (χ1) is 10.2. The highest BCUT2D eigenvalue weighted by Gasteiger charge is 2.48. The summed E-state index contributed by atoms with van der Waals surface area (Å²) in [5.74, 6) is 1.72. The highest BCUT2D eigenvalue weighted by Crippen LogP contribution is 2.47.